The Morgan fingerprint density at radius 1 is 0.947 bits per heavy atom. The van der Waals surface area contributed by atoms with Crippen LogP contribution in [0.1, 0.15) is 71.1 Å². The number of hydrogen-bond acceptors (Lipinski definition) is 8. The molecule has 3 aliphatic rings. The third-order valence-electron chi connectivity index (χ3n) is 11.0. The van der Waals surface area contributed by atoms with Crippen molar-refractivity contribution in [2.75, 3.05) is 58.2 Å². The van der Waals surface area contributed by atoms with Crippen LogP contribution in [0.15, 0.2) is 70.6 Å². The number of carbonyl (C=O) groups is 2. The molecule has 57 heavy (non-hydrogen) atoms. The summed E-state index contributed by atoms with van der Waals surface area (Å²) in [7, 11) is -3.92. The summed E-state index contributed by atoms with van der Waals surface area (Å²) >= 11 is 19.6. The maximum atomic E-state index is 15.4. The van der Waals surface area contributed by atoms with E-state index in [2.05, 4.69) is 5.32 Å². The number of ether oxygens (including phenoxy) is 2. The van der Waals surface area contributed by atoms with Crippen LogP contribution in [0.5, 0.6) is 5.75 Å². The summed E-state index contributed by atoms with van der Waals surface area (Å²) in [6.45, 7) is 14.5. The van der Waals surface area contributed by atoms with Crippen LogP contribution >= 0.6 is 34.8 Å². The zero-order valence-corrected chi connectivity index (χ0v) is 36.5. The molecule has 0 spiro atoms. The van der Waals surface area contributed by atoms with Gasteiger partial charge in [-0.15, -0.1) is 0 Å². The summed E-state index contributed by atoms with van der Waals surface area (Å²) in [5, 5.41) is 4.06. The molecule has 308 valence electrons. The molecular weight excluding hydrogens is 809 g/mol. The Labute approximate surface area is 351 Å². The molecule has 3 heterocycles. The molecule has 1 unspecified atom stereocenters. The Kier molecular flexibility index (Phi) is 12.9. The molecular formula is C42H52Cl3N5O6S. The molecule has 3 amide bonds. The van der Waals surface area contributed by atoms with Crippen LogP contribution in [-0.4, -0.2) is 105 Å². The van der Waals surface area contributed by atoms with Gasteiger partial charge < -0.3 is 19.7 Å². The number of carbonyl (C=O) groups excluding carboxylic acids is 2. The number of hydrogen-bond donors (Lipinski definition) is 1. The van der Waals surface area contributed by atoms with E-state index >= 15 is 4.79 Å². The van der Waals surface area contributed by atoms with E-state index in [-0.39, 0.29) is 58.5 Å². The second-order valence-electron chi connectivity index (χ2n) is 16.4. The molecule has 3 aliphatic heterocycles. The molecule has 11 nitrogen and oxygen atoms in total. The van der Waals surface area contributed by atoms with Crippen LogP contribution in [0.3, 0.4) is 0 Å². The summed E-state index contributed by atoms with van der Waals surface area (Å²) < 4.78 is 39.9. The summed E-state index contributed by atoms with van der Waals surface area (Å²) in [5.74, 6) is 0.255. The molecule has 3 aromatic carbocycles. The lowest BCUT2D eigenvalue weighted by Gasteiger charge is -2.47. The van der Waals surface area contributed by atoms with Crippen LogP contribution in [0.25, 0.3) is 0 Å². The molecule has 2 saturated heterocycles. The van der Waals surface area contributed by atoms with Gasteiger partial charge in [0, 0.05) is 55.4 Å². The Morgan fingerprint density at radius 2 is 1.56 bits per heavy atom. The van der Waals surface area contributed by atoms with Crippen molar-refractivity contribution < 1.29 is 27.5 Å². The quantitative estimate of drug-likeness (QED) is 0.209. The molecule has 2 fully saturated rings. The Hall–Kier alpha value is -3.39. The number of halogens is 3. The third kappa shape index (κ3) is 9.11. The van der Waals surface area contributed by atoms with Gasteiger partial charge in [0.2, 0.25) is 5.91 Å². The van der Waals surface area contributed by atoms with Gasteiger partial charge in [-0.05, 0) is 80.5 Å². The standard InChI is InChI=1S/C42H52Cl3N5O6S/c1-7-55-35-24-34(45)36(57(53,54)27-40(2,3)4)23-33(35)38-47-41(5,28-10-14-30(43)15-11-28)42(6,29-12-16-31(44)17-13-29)50(38)39(52)49-20-18-48(19-21-49)26-37(51)46-25-32-9-8-22-56-32/h10-17,23-24,32H,7-9,18-22,25-27H2,1-6H3,(H,46,51)/t32?,41-,42+/m0/s1. The monoisotopic (exact) mass is 859 g/mol. The second kappa shape index (κ2) is 17.1. The number of piperazine rings is 1. The first kappa shape index (κ1) is 43.2. The number of rotatable bonds is 11. The zero-order chi connectivity index (χ0) is 41.3. The molecule has 0 radical (unpaired) electrons. The Bertz CT molecular complexity index is 2100. The number of aliphatic imine (C=N–C) groups is 1. The molecule has 3 aromatic rings. The van der Waals surface area contributed by atoms with Crippen LogP contribution in [0.2, 0.25) is 15.1 Å². The predicted octanol–water partition coefficient (Wildman–Crippen LogP) is 7.79. The van der Waals surface area contributed by atoms with Crippen molar-refractivity contribution in [3.05, 3.63) is 92.4 Å². The number of nitrogens with zero attached hydrogens (tertiary/aromatic N) is 4. The number of urea groups is 1. The number of nitrogens with one attached hydrogen (secondary N) is 1. The van der Waals surface area contributed by atoms with E-state index in [9.17, 15) is 13.2 Å². The largest absolute Gasteiger partial charge is 0.493 e. The van der Waals surface area contributed by atoms with Crippen LogP contribution < -0.4 is 10.1 Å². The van der Waals surface area contributed by atoms with Crippen LogP contribution in [0, 0.1) is 5.41 Å². The van der Waals surface area contributed by atoms with Gasteiger partial charge in [-0.3, -0.25) is 19.6 Å². The van der Waals surface area contributed by atoms with E-state index in [4.69, 9.17) is 49.3 Å². The molecule has 6 rings (SSSR count). The van der Waals surface area contributed by atoms with Gasteiger partial charge in [0.05, 0.1) is 40.5 Å². The summed E-state index contributed by atoms with van der Waals surface area (Å²) in [6, 6.07) is 17.3. The predicted molar refractivity (Wildman–Crippen MR) is 226 cm³/mol. The molecule has 0 aliphatic carbocycles. The van der Waals surface area contributed by atoms with Crippen molar-refractivity contribution in [3.63, 3.8) is 0 Å². The first-order chi connectivity index (χ1) is 26.9. The summed E-state index contributed by atoms with van der Waals surface area (Å²) in [5.41, 5.74) is -1.13. The smallest absolute Gasteiger partial charge is 0.326 e. The molecule has 1 N–H and O–H groups in total. The fourth-order valence-corrected chi connectivity index (χ4v) is 10.7. The van der Waals surface area contributed by atoms with Crippen molar-refractivity contribution in [3.8, 4) is 5.75 Å². The van der Waals surface area contributed by atoms with E-state index in [1.807, 2.05) is 70.7 Å². The Morgan fingerprint density at radius 3 is 2.12 bits per heavy atom. The van der Waals surface area contributed by atoms with Gasteiger partial charge in [-0.1, -0.05) is 79.8 Å². The summed E-state index contributed by atoms with van der Waals surface area (Å²) in [6.07, 6.45) is 1.98. The van der Waals surface area contributed by atoms with E-state index in [1.54, 1.807) is 34.1 Å². The van der Waals surface area contributed by atoms with E-state index in [0.29, 0.717) is 48.3 Å². The number of amides is 3. The van der Waals surface area contributed by atoms with E-state index < -0.39 is 26.3 Å². The van der Waals surface area contributed by atoms with Crippen LogP contribution in [-0.2, 0) is 30.4 Å². The number of benzene rings is 3. The minimum atomic E-state index is -3.92. The van der Waals surface area contributed by atoms with Crippen LogP contribution in [0.4, 0.5) is 4.79 Å². The fourth-order valence-electron chi connectivity index (χ4n) is 7.97. The second-order valence-corrected chi connectivity index (χ2v) is 19.7. The SMILES string of the molecule is CCOc1cc(Cl)c(S(=O)(=O)CC(C)(C)C)cc1C1=N[C@@](C)(c2ccc(Cl)cc2)[C@@](C)(c2ccc(Cl)cc2)N1C(=O)N1CCN(CC(=O)NCC2CCCO2)CC1. The van der Waals surface area contributed by atoms with Gasteiger partial charge in [0.25, 0.3) is 0 Å². The molecule has 15 heteroatoms. The highest BCUT2D eigenvalue weighted by atomic mass is 35.5. The normalized spacial score (nSPS) is 23.1. The molecule has 3 atom stereocenters. The lowest BCUT2D eigenvalue weighted by Crippen LogP contribution is -2.61. The first-order valence-electron chi connectivity index (χ1n) is 19.4. The van der Waals surface area contributed by atoms with Crippen molar-refractivity contribution in [2.24, 2.45) is 10.4 Å². The molecule has 0 aromatic heterocycles. The lowest BCUT2D eigenvalue weighted by molar-refractivity contribution is -0.123. The first-order valence-corrected chi connectivity index (χ1v) is 22.2. The highest BCUT2D eigenvalue weighted by Gasteiger charge is 2.60. The minimum Gasteiger partial charge on any atom is -0.493 e. The fraction of sp³-hybridized carbons (Fsp3) is 0.500. The van der Waals surface area contributed by atoms with Crippen molar-refractivity contribution in [1.29, 1.82) is 0 Å². The van der Waals surface area contributed by atoms with Crippen molar-refractivity contribution in [1.82, 2.24) is 20.0 Å². The molecule has 0 saturated carbocycles. The maximum Gasteiger partial charge on any atom is 0.326 e. The highest BCUT2D eigenvalue weighted by Crippen LogP contribution is 2.54. The highest BCUT2D eigenvalue weighted by molar-refractivity contribution is 7.91. The van der Waals surface area contributed by atoms with Crippen molar-refractivity contribution in [2.45, 2.75) is 76.5 Å². The average molecular weight is 861 g/mol. The average Bonchev–Trinajstić information content (AvgIpc) is 3.75. The van der Waals surface area contributed by atoms with Crippen molar-refractivity contribution >= 4 is 62.4 Å². The topological polar surface area (TPSA) is 121 Å². The van der Waals surface area contributed by atoms with Gasteiger partial charge in [-0.25, -0.2) is 13.2 Å². The number of sulfone groups is 1. The van der Waals surface area contributed by atoms with Gasteiger partial charge >= 0.3 is 6.03 Å². The van der Waals surface area contributed by atoms with Gasteiger partial charge in [-0.2, -0.15) is 0 Å². The van der Waals surface area contributed by atoms with Gasteiger partial charge in [0.1, 0.15) is 22.7 Å². The van der Waals surface area contributed by atoms with E-state index in [0.717, 1.165) is 30.6 Å². The van der Waals surface area contributed by atoms with Gasteiger partial charge in [0.15, 0.2) is 9.84 Å². The number of amidine groups is 1. The minimum absolute atomic E-state index is 0.0137. The Balaban J connectivity index is 1.46. The molecule has 0 bridgehead atoms. The van der Waals surface area contributed by atoms with E-state index in [1.165, 1.54) is 12.1 Å². The summed E-state index contributed by atoms with van der Waals surface area (Å²) in [4.78, 5) is 39.1. The lowest BCUT2D eigenvalue weighted by atomic mass is 9.71. The third-order valence-corrected chi connectivity index (χ3v) is 14.2. The maximum absolute atomic E-state index is 15.4. The zero-order valence-electron chi connectivity index (χ0n) is 33.4.